The Balaban J connectivity index is 2.07. The van der Waals surface area contributed by atoms with Gasteiger partial charge < -0.3 is 4.74 Å². The maximum atomic E-state index is 5.99. The number of ether oxygens (including phenoxy) is 1. The third-order valence-corrected chi connectivity index (χ3v) is 5.39. The van der Waals surface area contributed by atoms with Crippen molar-refractivity contribution in [2.75, 3.05) is 7.11 Å². The molecule has 0 heterocycles. The Hall–Kier alpha value is -0.120. The summed E-state index contributed by atoms with van der Waals surface area (Å²) in [6, 6.07) is 0.343. The van der Waals surface area contributed by atoms with E-state index < -0.39 is 0 Å². The van der Waals surface area contributed by atoms with E-state index in [1.54, 1.807) is 0 Å². The van der Waals surface area contributed by atoms with Gasteiger partial charge in [0.15, 0.2) is 0 Å². The van der Waals surface area contributed by atoms with Crippen molar-refractivity contribution in [1.82, 2.24) is 5.43 Å². The molecule has 2 saturated carbocycles. The van der Waals surface area contributed by atoms with E-state index in [9.17, 15) is 0 Å². The highest BCUT2D eigenvalue weighted by molar-refractivity contribution is 4.99. The molecule has 3 nitrogen and oxygen atoms in total. The van der Waals surface area contributed by atoms with Crippen LogP contribution in [-0.2, 0) is 4.74 Å². The van der Waals surface area contributed by atoms with E-state index in [1.807, 2.05) is 7.11 Å². The molecule has 3 N–H and O–H groups in total. The molecule has 0 spiro atoms. The maximum Gasteiger partial charge on any atom is 0.0847 e. The molecule has 18 heavy (non-hydrogen) atoms. The van der Waals surface area contributed by atoms with Gasteiger partial charge in [-0.2, -0.15) is 0 Å². The van der Waals surface area contributed by atoms with Crippen molar-refractivity contribution < 1.29 is 4.74 Å². The van der Waals surface area contributed by atoms with Crippen molar-refractivity contribution in [2.24, 2.45) is 17.7 Å². The van der Waals surface area contributed by atoms with Crippen LogP contribution in [0.25, 0.3) is 0 Å². The SMILES string of the molecule is COC1(C(NN)C2CCCCC2)CCC(C)CC1. The van der Waals surface area contributed by atoms with Gasteiger partial charge in [-0.1, -0.05) is 26.2 Å². The standard InChI is InChI=1S/C15H30N2O/c1-12-8-10-15(18-2,11-9-12)14(17-16)13-6-4-3-5-7-13/h12-14,17H,3-11,16H2,1-2H3. The number of hydrazine groups is 1. The minimum atomic E-state index is -0.0106. The van der Waals surface area contributed by atoms with Gasteiger partial charge in [0, 0.05) is 7.11 Å². The topological polar surface area (TPSA) is 47.3 Å². The maximum absolute atomic E-state index is 5.99. The van der Waals surface area contributed by atoms with Gasteiger partial charge in [-0.05, 0) is 50.4 Å². The Kier molecular flexibility index (Phi) is 5.05. The Morgan fingerprint density at radius 3 is 2.22 bits per heavy atom. The van der Waals surface area contributed by atoms with Gasteiger partial charge in [-0.25, -0.2) is 0 Å². The van der Waals surface area contributed by atoms with Crippen LogP contribution in [0.4, 0.5) is 0 Å². The number of hydrogen-bond donors (Lipinski definition) is 2. The first-order valence-corrected chi connectivity index (χ1v) is 7.73. The minimum absolute atomic E-state index is 0.0106. The highest BCUT2D eigenvalue weighted by Crippen LogP contribution is 2.41. The lowest BCUT2D eigenvalue weighted by molar-refractivity contribution is -0.0917. The van der Waals surface area contributed by atoms with Gasteiger partial charge in [-0.15, -0.1) is 0 Å². The lowest BCUT2D eigenvalue weighted by Crippen LogP contribution is -2.59. The summed E-state index contributed by atoms with van der Waals surface area (Å²) in [5.74, 6) is 7.45. The molecule has 0 aromatic carbocycles. The largest absolute Gasteiger partial charge is 0.377 e. The third kappa shape index (κ3) is 2.89. The predicted octanol–water partition coefficient (Wildman–Crippen LogP) is 2.99. The number of methoxy groups -OCH3 is 1. The van der Waals surface area contributed by atoms with Gasteiger partial charge in [0.05, 0.1) is 11.6 Å². The molecule has 1 unspecified atom stereocenters. The number of rotatable bonds is 4. The Morgan fingerprint density at radius 1 is 1.11 bits per heavy atom. The number of hydrogen-bond acceptors (Lipinski definition) is 3. The van der Waals surface area contributed by atoms with Crippen molar-refractivity contribution in [3.05, 3.63) is 0 Å². The summed E-state index contributed by atoms with van der Waals surface area (Å²) in [7, 11) is 1.88. The molecule has 0 aromatic rings. The van der Waals surface area contributed by atoms with Crippen LogP contribution in [0.1, 0.15) is 64.7 Å². The van der Waals surface area contributed by atoms with Crippen molar-refractivity contribution in [1.29, 1.82) is 0 Å². The first-order chi connectivity index (χ1) is 8.72. The molecule has 0 amide bonds. The number of nitrogens with one attached hydrogen (secondary N) is 1. The second-order valence-electron chi connectivity index (χ2n) is 6.49. The highest BCUT2D eigenvalue weighted by atomic mass is 16.5. The summed E-state index contributed by atoms with van der Waals surface area (Å²) in [5.41, 5.74) is 3.11. The Labute approximate surface area is 112 Å². The van der Waals surface area contributed by atoms with Crippen LogP contribution in [0.3, 0.4) is 0 Å². The Bertz CT molecular complexity index is 243. The fraction of sp³-hybridized carbons (Fsp3) is 1.00. The van der Waals surface area contributed by atoms with Crippen LogP contribution in [0.5, 0.6) is 0 Å². The zero-order valence-corrected chi connectivity index (χ0v) is 12.1. The first-order valence-electron chi connectivity index (χ1n) is 7.73. The van der Waals surface area contributed by atoms with E-state index >= 15 is 0 Å². The molecule has 0 radical (unpaired) electrons. The first kappa shape index (κ1) is 14.3. The summed E-state index contributed by atoms with van der Waals surface area (Å²) < 4.78 is 5.99. The van der Waals surface area contributed by atoms with Crippen LogP contribution < -0.4 is 11.3 Å². The molecule has 2 rings (SSSR count). The van der Waals surface area contributed by atoms with Gasteiger partial charge >= 0.3 is 0 Å². The lowest BCUT2D eigenvalue weighted by Gasteiger charge is -2.47. The monoisotopic (exact) mass is 254 g/mol. The van der Waals surface area contributed by atoms with Crippen LogP contribution in [0.2, 0.25) is 0 Å². The molecule has 0 aromatic heterocycles. The summed E-state index contributed by atoms with van der Waals surface area (Å²) in [5, 5.41) is 0. The molecule has 0 saturated heterocycles. The molecule has 2 aliphatic rings. The predicted molar refractivity (Wildman–Crippen MR) is 75.1 cm³/mol. The fourth-order valence-electron chi connectivity index (χ4n) is 4.08. The van der Waals surface area contributed by atoms with Gasteiger partial charge in [0.1, 0.15) is 0 Å². The zero-order valence-electron chi connectivity index (χ0n) is 12.1. The minimum Gasteiger partial charge on any atom is -0.377 e. The van der Waals surface area contributed by atoms with Crippen molar-refractivity contribution in [2.45, 2.75) is 76.4 Å². The summed E-state index contributed by atoms with van der Waals surface area (Å²) in [6.45, 7) is 2.35. The average Bonchev–Trinajstić information content (AvgIpc) is 2.43. The van der Waals surface area contributed by atoms with Gasteiger partial charge in [-0.3, -0.25) is 11.3 Å². The normalized spacial score (nSPS) is 36.5. The number of nitrogens with two attached hydrogens (primary N) is 1. The molecular formula is C15H30N2O. The van der Waals surface area contributed by atoms with E-state index in [0.717, 1.165) is 18.8 Å². The summed E-state index contributed by atoms with van der Waals surface area (Å²) in [6.07, 6.45) is 11.6. The summed E-state index contributed by atoms with van der Waals surface area (Å²) >= 11 is 0. The Morgan fingerprint density at radius 2 is 1.72 bits per heavy atom. The highest BCUT2D eigenvalue weighted by Gasteiger charge is 2.44. The summed E-state index contributed by atoms with van der Waals surface area (Å²) in [4.78, 5) is 0. The molecule has 2 aliphatic carbocycles. The van der Waals surface area contributed by atoms with E-state index in [-0.39, 0.29) is 5.60 Å². The smallest absolute Gasteiger partial charge is 0.0847 e. The van der Waals surface area contributed by atoms with Crippen LogP contribution in [0.15, 0.2) is 0 Å². The third-order valence-electron chi connectivity index (χ3n) is 5.39. The van der Waals surface area contributed by atoms with E-state index in [4.69, 9.17) is 10.6 Å². The second kappa shape index (κ2) is 6.36. The zero-order chi connectivity index (χ0) is 13.0. The molecule has 2 fully saturated rings. The molecule has 0 aliphatic heterocycles. The molecule has 3 heteroatoms. The van der Waals surface area contributed by atoms with Gasteiger partial charge in [0.2, 0.25) is 0 Å². The van der Waals surface area contributed by atoms with Gasteiger partial charge in [0.25, 0.3) is 0 Å². The molecule has 106 valence electrons. The van der Waals surface area contributed by atoms with Crippen molar-refractivity contribution in [3.8, 4) is 0 Å². The van der Waals surface area contributed by atoms with Crippen LogP contribution in [0, 0.1) is 11.8 Å². The molecule has 0 bridgehead atoms. The fourth-order valence-corrected chi connectivity index (χ4v) is 4.08. The van der Waals surface area contributed by atoms with Crippen LogP contribution >= 0.6 is 0 Å². The second-order valence-corrected chi connectivity index (χ2v) is 6.49. The quantitative estimate of drug-likeness (QED) is 0.599. The lowest BCUT2D eigenvalue weighted by atomic mass is 9.69. The van der Waals surface area contributed by atoms with Crippen molar-refractivity contribution in [3.63, 3.8) is 0 Å². The van der Waals surface area contributed by atoms with Crippen LogP contribution in [-0.4, -0.2) is 18.8 Å². The van der Waals surface area contributed by atoms with E-state index in [2.05, 4.69) is 12.3 Å². The van der Waals surface area contributed by atoms with Crippen molar-refractivity contribution >= 4 is 0 Å². The molecule has 1 atom stereocenters. The molecular weight excluding hydrogens is 224 g/mol. The average molecular weight is 254 g/mol. The van der Waals surface area contributed by atoms with E-state index in [1.165, 1.54) is 44.9 Å². The van der Waals surface area contributed by atoms with E-state index in [0.29, 0.717) is 12.0 Å².